The number of unbranched alkanes of at least 4 members (excludes halogenated alkanes) is 11. The van der Waals surface area contributed by atoms with E-state index in [1.807, 2.05) is 21.1 Å². The number of hydrogen-bond donors (Lipinski definition) is 1. The molecule has 0 rings (SSSR count). The van der Waals surface area contributed by atoms with Gasteiger partial charge >= 0.3 is 17.9 Å². The van der Waals surface area contributed by atoms with Gasteiger partial charge in [-0.1, -0.05) is 150 Å². The Labute approximate surface area is 373 Å². The SMILES string of the molecule is CC/C=C/C/C=C/C/C=C/CCCCCCCCC(=O)OC(COCCC(C(=O)O)[N+](C)(C)C)COC(=O)CCCC/C=C/C/C=C/C/C=C/C/C=C/C/C=C/CCCCC. The molecule has 0 saturated carbocycles. The molecule has 0 saturated heterocycles. The predicted molar refractivity (Wildman–Crippen MR) is 256 cm³/mol. The molecule has 0 radical (unpaired) electrons. The fourth-order valence-corrected chi connectivity index (χ4v) is 6.30. The molecule has 0 aromatic rings. The van der Waals surface area contributed by atoms with Crippen LogP contribution in [0.25, 0.3) is 0 Å². The molecular weight excluding hydrogens is 763 g/mol. The van der Waals surface area contributed by atoms with E-state index in [-0.39, 0.29) is 36.2 Å². The highest BCUT2D eigenvalue weighted by atomic mass is 16.6. The normalized spacial score (nSPS) is 13.8. The maximum Gasteiger partial charge on any atom is 0.362 e. The number of carbonyl (C=O) groups excluding carboxylic acids is 2. The number of hydrogen-bond acceptors (Lipinski definition) is 6. The standard InChI is InChI=1S/C53H87NO7/c1-6-8-10-12-14-16-18-20-22-24-25-26-27-28-30-31-33-35-37-39-41-43-51(55)60-48-49(47-59-46-45-50(53(57)58)54(3,4)5)61-52(56)44-42-40-38-36-34-32-29-23-21-19-17-15-13-11-9-7-2/h9,11,14-17,20-23,25-26,28,30,33,35,49-50H,6-8,10,12-13,18-19,24,27,29,31-32,34,36-48H2,1-5H3/p+1/b11-9+,16-14+,17-15+,22-20+,23-21+,26-25+,30-28+,35-33+. The van der Waals surface area contributed by atoms with E-state index in [9.17, 15) is 19.5 Å². The van der Waals surface area contributed by atoms with Crippen LogP contribution in [0.1, 0.15) is 168 Å². The van der Waals surface area contributed by atoms with Gasteiger partial charge in [0, 0.05) is 19.3 Å². The lowest BCUT2D eigenvalue weighted by Crippen LogP contribution is -2.50. The fourth-order valence-electron chi connectivity index (χ4n) is 6.30. The summed E-state index contributed by atoms with van der Waals surface area (Å²) in [4.78, 5) is 37.1. The quantitative estimate of drug-likeness (QED) is 0.0283. The van der Waals surface area contributed by atoms with Crippen molar-refractivity contribution < 1.29 is 38.2 Å². The van der Waals surface area contributed by atoms with Gasteiger partial charge in [-0.05, 0) is 96.3 Å². The number of aliphatic carboxylic acids is 1. The van der Waals surface area contributed by atoms with E-state index in [1.165, 1.54) is 38.5 Å². The minimum absolute atomic E-state index is 0.0355. The van der Waals surface area contributed by atoms with Gasteiger partial charge < -0.3 is 23.8 Å². The molecule has 2 atom stereocenters. The van der Waals surface area contributed by atoms with Gasteiger partial charge in [0.05, 0.1) is 34.4 Å². The summed E-state index contributed by atoms with van der Waals surface area (Å²) >= 11 is 0. The van der Waals surface area contributed by atoms with Crippen LogP contribution in [0.15, 0.2) is 97.2 Å². The lowest BCUT2D eigenvalue weighted by atomic mass is 10.1. The van der Waals surface area contributed by atoms with Crippen molar-refractivity contribution in [1.29, 1.82) is 0 Å². The number of likely N-dealkylation sites (N-methyl/N-ethyl adjacent to an activating group) is 1. The molecule has 0 spiro atoms. The minimum Gasteiger partial charge on any atom is -0.477 e. The van der Waals surface area contributed by atoms with Crippen LogP contribution < -0.4 is 0 Å². The molecule has 0 heterocycles. The Morgan fingerprint density at radius 1 is 0.508 bits per heavy atom. The second kappa shape index (κ2) is 42.9. The first-order chi connectivity index (χ1) is 29.6. The fraction of sp³-hybridized carbons (Fsp3) is 0.642. The van der Waals surface area contributed by atoms with Crippen LogP contribution in [0.2, 0.25) is 0 Å². The molecule has 0 bridgehead atoms. The first-order valence-corrected chi connectivity index (χ1v) is 23.8. The van der Waals surface area contributed by atoms with Crippen molar-refractivity contribution >= 4 is 17.9 Å². The second-order valence-electron chi connectivity index (χ2n) is 16.6. The van der Waals surface area contributed by atoms with Crippen molar-refractivity contribution in [2.45, 2.75) is 180 Å². The van der Waals surface area contributed by atoms with Gasteiger partial charge in [0.25, 0.3) is 0 Å². The lowest BCUT2D eigenvalue weighted by molar-refractivity contribution is -0.887. The van der Waals surface area contributed by atoms with Gasteiger partial charge in [0.15, 0.2) is 12.1 Å². The Morgan fingerprint density at radius 2 is 0.918 bits per heavy atom. The van der Waals surface area contributed by atoms with E-state index in [0.29, 0.717) is 25.7 Å². The zero-order valence-electron chi connectivity index (χ0n) is 39.3. The third-order valence-corrected chi connectivity index (χ3v) is 9.97. The average Bonchev–Trinajstić information content (AvgIpc) is 3.22. The predicted octanol–water partition coefficient (Wildman–Crippen LogP) is 13.5. The summed E-state index contributed by atoms with van der Waals surface area (Å²) in [6.07, 6.45) is 57.4. The first-order valence-electron chi connectivity index (χ1n) is 23.8. The molecule has 0 amide bonds. The van der Waals surface area contributed by atoms with Crippen LogP contribution in [0.4, 0.5) is 0 Å². The first kappa shape index (κ1) is 57.2. The molecule has 0 aliphatic carbocycles. The summed E-state index contributed by atoms with van der Waals surface area (Å²) in [7, 11) is 5.50. The van der Waals surface area contributed by atoms with Crippen LogP contribution >= 0.6 is 0 Å². The van der Waals surface area contributed by atoms with E-state index < -0.39 is 18.1 Å². The number of ether oxygens (including phenoxy) is 3. The van der Waals surface area contributed by atoms with E-state index in [0.717, 1.165) is 89.9 Å². The number of esters is 2. The van der Waals surface area contributed by atoms with Crippen molar-refractivity contribution in [1.82, 2.24) is 0 Å². The summed E-state index contributed by atoms with van der Waals surface area (Å²) in [6, 6.07) is -0.630. The van der Waals surface area contributed by atoms with Crippen LogP contribution in [0.5, 0.6) is 0 Å². The molecule has 0 aliphatic heterocycles. The van der Waals surface area contributed by atoms with Crippen LogP contribution in [0, 0.1) is 0 Å². The molecule has 61 heavy (non-hydrogen) atoms. The zero-order chi connectivity index (χ0) is 44.9. The molecule has 0 fully saturated rings. The Hall–Kier alpha value is -3.75. The molecular formula is C53H88NO7+. The average molecular weight is 851 g/mol. The Kier molecular flexibility index (Phi) is 40.3. The van der Waals surface area contributed by atoms with E-state index >= 15 is 0 Å². The molecule has 2 unspecified atom stereocenters. The van der Waals surface area contributed by atoms with Crippen molar-refractivity contribution in [2.75, 3.05) is 41.0 Å². The van der Waals surface area contributed by atoms with Crippen molar-refractivity contribution in [3.05, 3.63) is 97.2 Å². The minimum atomic E-state index is -0.888. The van der Waals surface area contributed by atoms with Crippen molar-refractivity contribution in [3.63, 3.8) is 0 Å². The topological polar surface area (TPSA) is 99.1 Å². The summed E-state index contributed by atoms with van der Waals surface area (Å²) in [5.74, 6) is -1.55. The van der Waals surface area contributed by atoms with Gasteiger partial charge in [-0.2, -0.15) is 0 Å². The summed E-state index contributed by atoms with van der Waals surface area (Å²) in [6.45, 7) is 4.52. The molecule has 0 aromatic heterocycles. The number of nitrogens with zero attached hydrogens (tertiary/aromatic N) is 1. The Morgan fingerprint density at radius 3 is 1.39 bits per heavy atom. The molecule has 1 N–H and O–H groups in total. The highest BCUT2D eigenvalue weighted by Crippen LogP contribution is 2.13. The lowest BCUT2D eigenvalue weighted by Gasteiger charge is -2.31. The van der Waals surface area contributed by atoms with Gasteiger partial charge in [-0.3, -0.25) is 9.59 Å². The molecule has 346 valence electrons. The third kappa shape index (κ3) is 41.4. The molecule has 8 nitrogen and oxygen atoms in total. The van der Waals surface area contributed by atoms with Crippen LogP contribution in [-0.2, 0) is 28.6 Å². The Bertz CT molecular complexity index is 1310. The summed E-state index contributed by atoms with van der Waals surface area (Å²) in [5.41, 5.74) is 0. The summed E-state index contributed by atoms with van der Waals surface area (Å²) in [5, 5.41) is 9.64. The molecule has 0 aliphatic rings. The number of carbonyl (C=O) groups is 3. The van der Waals surface area contributed by atoms with Crippen molar-refractivity contribution in [3.8, 4) is 0 Å². The third-order valence-electron chi connectivity index (χ3n) is 9.97. The highest BCUT2D eigenvalue weighted by Gasteiger charge is 2.31. The number of carboxylic acid groups (broad SMARTS) is 1. The monoisotopic (exact) mass is 851 g/mol. The summed E-state index contributed by atoms with van der Waals surface area (Å²) < 4.78 is 17.3. The van der Waals surface area contributed by atoms with Crippen molar-refractivity contribution in [2.24, 2.45) is 0 Å². The van der Waals surface area contributed by atoms with E-state index in [4.69, 9.17) is 14.2 Å². The number of allylic oxidation sites excluding steroid dienone is 16. The number of rotatable bonds is 41. The second-order valence-corrected chi connectivity index (χ2v) is 16.6. The number of quaternary nitrogens is 1. The van der Waals surface area contributed by atoms with Gasteiger partial charge in [-0.25, -0.2) is 4.79 Å². The largest absolute Gasteiger partial charge is 0.477 e. The van der Waals surface area contributed by atoms with E-state index in [2.05, 4.69) is 111 Å². The van der Waals surface area contributed by atoms with Gasteiger partial charge in [0.2, 0.25) is 0 Å². The zero-order valence-corrected chi connectivity index (χ0v) is 39.3. The number of carboxylic acids is 1. The smallest absolute Gasteiger partial charge is 0.362 e. The van der Waals surface area contributed by atoms with Crippen LogP contribution in [-0.4, -0.2) is 80.6 Å². The van der Waals surface area contributed by atoms with E-state index in [1.54, 1.807) is 0 Å². The van der Waals surface area contributed by atoms with Crippen LogP contribution in [0.3, 0.4) is 0 Å². The maximum atomic E-state index is 12.7. The maximum absolute atomic E-state index is 12.7. The van der Waals surface area contributed by atoms with Gasteiger partial charge in [0.1, 0.15) is 6.61 Å². The highest BCUT2D eigenvalue weighted by molar-refractivity contribution is 5.72. The van der Waals surface area contributed by atoms with Gasteiger partial charge in [-0.15, -0.1) is 0 Å². The molecule has 0 aromatic carbocycles. The molecule has 8 heteroatoms. The Balaban J connectivity index is 4.42.